The largest absolute Gasteiger partial charge is 0.224 e. The highest BCUT2D eigenvalue weighted by molar-refractivity contribution is 7.91. The summed E-state index contributed by atoms with van der Waals surface area (Å²) in [7, 11) is -3.11. The molecule has 0 spiro atoms. The average Bonchev–Trinajstić information content (AvgIpc) is 2.15. The zero-order valence-electron chi connectivity index (χ0n) is 10.4. The molecular formula is C13H20O2S. The molecular weight excluding hydrogens is 220 g/mol. The van der Waals surface area contributed by atoms with Crippen LogP contribution in [0.2, 0.25) is 0 Å². The normalized spacial score (nSPS) is 12.8. The van der Waals surface area contributed by atoms with Crippen molar-refractivity contribution < 1.29 is 8.42 Å². The Morgan fingerprint density at radius 1 is 1.06 bits per heavy atom. The first kappa shape index (κ1) is 13.2. The van der Waals surface area contributed by atoms with Crippen molar-refractivity contribution in [2.75, 3.05) is 5.75 Å². The first-order valence-electron chi connectivity index (χ1n) is 5.50. The molecule has 1 aromatic carbocycles. The van der Waals surface area contributed by atoms with Crippen LogP contribution >= 0.6 is 0 Å². The van der Waals surface area contributed by atoms with Gasteiger partial charge in [-0.2, -0.15) is 0 Å². The Morgan fingerprint density at radius 3 is 2.00 bits per heavy atom. The fourth-order valence-corrected chi connectivity index (χ4v) is 2.97. The average molecular weight is 240 g/mol. The Balaban J connectivity index is 2.83. The lowest BCUT2D eigenvalue weighted by Crippen LogP contribution is -2.14. The van der Waals surface area contributed by atoms with E-state index in [2.05, 4.69) is 20.8 Å². The summed E-state index contributed by atoms with van der Waals surface area (Å²) in [6.45, 7) is 8.11. The van der Waals surface area contributed by atoms with Crippen molar-refractivity contribution in [1.82, 2.24) is 0 Å². The zero-order chi connectivity index (χ0) is 12.4. The van der Waals surface area contributed by atoms with E-state index in [9.17, 15) is 8.42 Å². The summed E-state index contributed by atoms with van der Waals surface area (Å²) in [6.07, 6.45) is 0.684. The van der Waals surface area contributed by atoms with Gasteiger partial charge in [0.2, 0.25) is 0 Å². The predicted octanol–water partition coefficient (Wildman–Crippen LogP) is 3.20. The molecule has 0 radical (unpaired) electrons. The zero-order valence-corrected chi connectivity index (χ0v) is 11.3. The van der Waals surface area contributed by atoms with Gasteiger partial charge in [-0.3, -0.25) is 0 Å². The summed E-state index contributed by atoms with van der Waals surface area (Å²) >= 11 is 0. The van der Waals surface area contributed by atoms with Gasteiger partial charge >= 0.3 is 0 Å². The van der Waals surface area contributed by atoms with E-state index in [4.69, 9.17) is 0 Å². The van der Waals surface area contributed by atoms with E-state index >= 15 is 0 Å². The summed E-state index contributed by atoms with van der Waals surface area (Å²) < 4.78 is 24.0. The number of benzene rings is 1. The van der Waals surface area contributed by atoms with E-state index in [1.165, 1.54) is 0 Å². The molecule has 0 bridgehead atoms. The Kier molecular flexibility index (Phi) is 3.79. The summed E-state index contributed by atoms with van der Waals surface area (Å²) in [4.78, 5) is 0.433. The van der Waals surface area contributed by atoms with Crippen LogP contribution in [0, 0.1) is 12.3 Å². The standard InChI is InChI=1S/C13H20O2S/c1-11-5-7-12(8-6-11)16(14,15)10-9-13(2,3)4/h5-8H,9-10H2,1-4H3. The Hall–Kier alpha value is -0.830. The van der Waals surface area contributed by atoms with E-state index < -0.39 is 9.84 Å². The van der Waals surface area contributed by atoms with Crippen molar-refractivity contribution in [3.63, 3.8) is 0 Å². The molecule has 16 heavy (non-hydrogen) atoms. The third kappa shape index (κ3) is 3.97. The summed E-state index contributed by atoms with van der Waals surface area (Å²) in [5.74, 6) is 0.222. The van der Waals surface area contributed by atoms with Crippen LogP contribution in [0.15, 0.2) is 29.2 Å². The third-order valence-electron chi connectivity index (χ3n) is 2.50. The molecule has 2 nitrogen and oxygen atoms in total. The predicted molar refractivity (Wildman–Crippen MR) is 67.3 cm³/mol. The highest BCUT2D eigenvalue weighted by atomic mass is 32.2. The topological polar surface area (TPSA) is 34.1 Å². The Labute approximate surface area is 98.6 Å². The van der Waals surface area contributed by atoms with Crippen LogP contribution in [0.4, 0.5) is 0 Å². The van der Waals surface area contributed by atoms with Crippen LogP contribution in [-0.4, -0.2) is 14.2 Å². The van der Waals surface area contributed by atoms with Crippen molar-refractivity contribution in [2.24, 2.45) is 5.41 Å². The maximum absolute atomic E-state index is 12.0. The minimum absolute atomic E-state index is 0.0533. The second-order valence-corrected chi connectivity index (χ2v) is 7.55. The molecule has 1 rings (SSSR count). The lowest BCUT2D eigenvalue weighted by atomic mass is 9.94. The van der Waals surface area contributed by atoms with Crippen LogP contribution in [0.25, 0.3) is 0 Å². The molecule has 1 aromatic rings. The minimum atomic E-state index is -3.11. The van der Waals surface area contributed by atoms with E-state index in [-0.39, 0.29) is 11.2 Å². The number of hydrogen-bond donors (Lipinski definition) is 0. The van der Waals surface area contributed by atoms with Gasteiger partial charge in [-0.1, -0.05) is 38.5 Å². The number of hydrogen-bond acceptors (Lipinski definition) is 2. The smallest absolute Gasteiger partial charge is 0.178 e. The Morgan fingerprint density at radius 2 is 1.56 bits per heavy atom. The molecule has 0 saturated heterocycles. The van der Waals surface area contributed by atoms with Crippen LogP contribution in [0.5, 0.6) is 0 Å². The van der Waals surface area contributed by atoms with Crippen molar-refractivity contribution >= 4 is 9.84 Å². The second-order valence-electron chi connectivity index (χ2n) is 5.44. The molecule has 0 atom stereocenters. The molecule has 0 amide bonds. The third-order valence-corrected chi connectivity index (χ3v) is 4.23. The van der Waals surface area contributed by atoms with E-state index in [0.717, 1.165) is 5.56 Å². The molecule has 0 unspecified atom stereocenters. The minimum Gasteiger partial charge on any atom is -0.224 e. The fourth-order valence-electron chi connectivity index (χ4n) is 1.30. The molecule has 0 fully saturated rings. The number of rotatable bonds is 3. The van der Waals surface area contributed by atoms with E-state index in [1.54, 1.807) is 12.1 Å². The van der Waals surface area contributed by atoms with Crippen molar-refractivity contribution in [3.05, 3.63) is 29.8 Å². The van der Waals surface area contributed by atoms with Gasteiger partial charge < -0.3 is 0 Å². The van der Waals surface area contributed by atoms with Crippen LogP contribution in [0.1, 0.15) is 32.8 Å². The second kappa shape index (κ2) is 4.58. The lowest BCUT2D eigenvalue weighted by Gasteiger charge is -2.17. The summed E-state index contributed by atoms with van der Waals surface area (Å²) in [6, 6.07) is 7.05. The highest BCUT2D eigenvalue weighted by Gasteiger charge is 2.19. The van der Waals surface area contributed by atoms with Gasteiger partial charge in [0.05, 0.1) is 10.6 Å². The molecule has 0 saturated carbocycles. The van der Waals surface area contributed by atoms with Crippen molar-refractivity contribution in [1.29, 1.82) is 0 Å². The quantitative estimate of drug-likeness (QED) is 0.813. The molecule has 0 aliphatic carbocycles. The first-order valence-corrected chi connectivity index (χ1v) is 7.15. The van der Waals surface area contributed by atoms with Gasteiger partial charge in [0.15, 0.2) is 9.84 Å². The van der Waals surface area contributed by atoms with Gasteiger partial charge in [0, 0.05) is 0 Å². The number of aryl methyl sites for hydroxylation is 1. The van der Waals surface area contributed by atoms with Crippen LogP contribution in [-0.2, 0) is 9.84 Å². The van der Waals surface area contributed by atoms with Crippen LogP contribution < -0.4 is 0 Å². The lowest BCUT2D eigenvalue weighted by molar-refractivity contribution is 0.397. The molecule has 0 aliphatic rings. The highest BCUT2D eigenvalue weighted by Crippen LogP contribution is 2.22. The summed E-state index contributed by atoms with van der Waals surface area (Å²) in [5, 5.41) is 0. The maximum atomic E-state index is 12.0. The molecule has 3 heteroatoms. The molecule has 90 valence electrons. The van der Waals surface area contributed by atoms with E-state index in [0.29, 0.717) is 11.3 Å². The molecule has 0 aliphatic heterocycles. The SMILES string of the molecule is Cc1ccc(S(=O)(=O)CCC(C)(C)C)cc1. The van der Waals surface area contributed by atoms with Gasteiger partial charge in [0.25, 0.3) is 0 Å². The van der Waals surface area contributed by atoms with Gasteiger partial charge in [0.1, 0.15) is 0 Å². The maximum Gasteiger partial charge on any atom is 0.178 e. The molecule has 0 N–H and O–H groups in total. The molecule has 0 aromatic heterocycles. The van der Waals surface area contributed by atoms with Gasteiger partial charge in [-0.25, -0.2) is 8.42 Å². The fraction of sp³-hybridized carbons (Fsp3) is 0.538. The molecule has 0 heterocycles. The van der Waals surface area contributed by atoms with Gasteiger partial charge in [-0.05, 0) is 30.9 Å². The first-order chi connectivity index (χ1) is 7.21. The Bertz CT molecular complexity index is 436. The van der Waals surface area contributed by atoms with Crippen molar-refractivity contribution in [2.45, 2.75) is 39.0 Å². The van der Waals surface area contributed by atoms with E-state index in [1.807, 2.05) is 19.1 Å². The van der Waals surface area contributed by atoms with Crippen molar-refractivity contribution in [3.8, 4) is 0 Å². The monoisotopic (exact) mass is 240 g/mol. The van der Waals surface area contributed by atoms with Crippen LogP contribution in [0.3, 0.4) is 0 Å². The van der Waals surface area contributed by atoms with Gasteiger partial charge in [-0.15, -0.1) is 0 Å². The number of sulfone groups is 1. The summed E-state index contributed by atoms with van der Waals surface area (Å²) in [5.41, 5.74) is 1.13.